The first kappa shape index (κ1) is 12.2. The molecule has 0 saturated heterocycles. The zero-order chi connectivity index (χ0) is 11.3. The van der Waals surface area contributed by atoms with Gasteiger partial charge in [-0.05, 0) is 24.9 Å². The van der Waals surface area contributed by atoms with Gasteiger partial charge in [0.05, 0.1) is 5.60 Å². The van der Waals surface area contributed by atoms with Gasteiger partial charge in [0.1, 0.15) is 0 Å². The Kier molecular flexibility index (Phi) is 4.30. The van der Waals surface area contributed by atoms with Crippen LogP contribution in [0.25, 0.3) is 0 Å². The van der Waals surface area contributed by atoms with Gasteiger partial charge in [-0.15, -0.1) is 0 Å². The monoisotopic (exact) mass is 207 g/mol. The van der Waals surface area contributed by atoms with Crippen molar-refractivity contribution in [2.75, 3.05) is 13.1 Å². The number of benzene rings is 1. The molecule has 0 radical (unpaired) electrons. The van der Waals surface area contributed by atoms with E-state index >= 15 is 0 Å². The average Bonchev–Trinajstić information content (AvgIpc) is 2.18. The van der Waals surface area contributed by atoms with Crippen LogP contribution in [0.4, 0.5) is 0 Å². The van der Waals surface area contributed by atoms with E-state index in [1.807, 2.05) is 37.3 Å². The van der Waals surface area contributed by atoms with Gasteiger partial charge in [0.15, 0.2) is 0 Å². The van der Waals surface area contributed by atoms with Gasteiger partial charge < -0.3 is 10.4 Å². The van der Waals surface area contributed by atoms with Gasteiger partial charge in [0.25, 0.3) is 0 Å². The standard InChI is InChI=1S/C13H21NO/c1-11(2)9-14-10-13(3,15)12-7-5-4-6-8-12/h4-8,11,14-15H,9-10H2,1-3H3. The molecule has 0 heterocycles. The summed E-state index contributed by atoms with van der Waals surface area (Å²) in [4.78, 5) is 0. The van der Waals surface area contributed by atoms with Gasteiger partial charge in [0.2, 0.25) is 0 Å². The molecule has 0 spiro atoms. The molecule has 84 valence electrons. The second-order valence-corrected chi connectivity index (χ2v) is 4.66. The molecule has 1 rings (SSSR count). The summed E-state index contributed by atoms with van der Waals surface area (Å²) in [5.41, 5.74) is 0.178. The van der Waals surface area contributed by atoms with Crippen LogP contribution in [0.2, 0.25) is 0 Å². The van der Waals surface area contributed by atoms with Crippen LogP contribution in [0, 0.1) is 5.92 Å². The zero-order valence-corrected chi connectivity index (χ0v) is 9.83. The number of rotatable bonds is 5. The minimum Gasteiger partial charge on any atom is -0.384 e. The maximum atomic E-state index is 10.2. The molecule has 0 bridgehead atoms. The second kappa shape index (κ2) is 5.29. The van der Waals surface area contributed by atoms with Crippen molar-refractivity contribution in [3.05, 3.63) is 35.9 Å². The molecule has 0 amide bonds. The lowest BCUT2D eigenvalue weighted by atomic mass is 9.96. The van der Waals surface area contributed by atoms with Crippen molar-refractivity contribution in [3.63, 3.8) is 0 Å². The number of nitrogens with one attached hydrogen (secondary N) is 1. The third-order valence-electron chi connectivity index (χ3n) is 2.42. The van der Waals surface area contributed by atoms with Gasteiger partial charge in [-0.2, -0.15) is 0 Å². The first-order chi connectivity index (χ1) is 7.02. The Morgan fingerprint density at radius 2 is 1.87 bits per heavy atom. The Balaban J connectivity index is 2.52. The number of hydrogen-bond acceptors (Lipinski definition) is 2. The largest absolute Gasteiger partial charge is 0.384 e. The number of aliphatic hydroxyl groups is 1. The second-order valence-electron chi connectivity index (χ2n) is 4.66. The highest BCUT2D eigenvalue weighted by Crippen LogP contribution is 2.18. The van der Waals surface area contributed by atoms with E-state index < -0.39 is 5.60 Å². The highest BCUT2D eigenvalue weighted by molar-refractivity contribution is 5.21. The Morgan fingerprint density at radius 1 is 1.27 bits per heavy atom. The Morgan fingerprint density at radius 3 is 2.40 bits per heavy atom. The van der Waals surface area contributed by atoms with Crippen LogP contribution in [-0.4, -0.2) is 18.2 Å². The van der Waals surface area contributed by atoms with E-state index in [9.17, 15) is 5.11 Å². The molecule has 0 fully saturated rings. The smallest absolute Gasteiger partial charge is 0.0992 e. The molecule has 1 unspecified atom stereocenters. The van der Waals surface area contributed by atoms with Crippen LogP contribution in [-0.2, 0) is 5.60 Å². The van der Waals surface area contributed by atoms with Crippen molar-refractivity contribution in [3.8, 4) is 0 Å². The Labute approximate surface area is 92.3 Å². The summed E-state index contributed by atoms with van der Waals surface area (Å²) < 4.78 is 0. The minimum absolute atomic E-state index is 0.592. The maximum absolute atomic E-state index is 10.2. The van der Waals surface area contributed by atoms with Gasteiger partial charge in [-0.1, -0.05) is 44.2 Å². The lowest BCUT2D eigenvalue weighted by molar-refractivity contribution is 0.0564. The molecule has 1 aromatic rings. The summed E-state index contributed by atoms with van der Waals surface area (Å²) in [6.45, 7) is 7.68. The van der Waals surface area contributed by atoms with E-state index in [0.717, 1.165) is 12.1 Å². The van der Waals surface area contributed by atoms with Crippen molar-refractivity contribution >= 4 is 0 Å². The lowest BCUT2D eigenvalue weighted by Gasteiger charge is -2.24. The highest BCUT2D eigenvalue weighted by atomic mass is 16.3. The van der Waals surface area contributed by atoms with Crippen molar-refractivity contribution in [2.45, 2.75) is 26.4 Å². The third kappa shape index (κ3) is 4.02. The molecular formula is C13H21NO. The van der Waals surface area contributed by atoms with Crippen LogP contribution < -0.4 is 5.32 Å². The van der Waals surface area contributed by atoms with Crippen LogP contribution in [0.3, 0.4) is 0 Å². The molecule has 15 heavy (non-hydrogen) atoms. The zero-order valence-electron chi connectivity index (χ0n) is 9.83. The molecule has 0 aromatic heterocycles. The molecule has 0 aliphatic heterocycles. The summed E-state index contributed by atoms with van der Waals surface area (Å²) in [6.07, 6.45) is 0. The molecule has 0 aliphatic rings. The summed E-state index contributed by atoms with van der Waals surface area (Å²) >= 11 is 0. The van der Waals surface area contributed by atoms with Crippen LogP contribution in [0.5, 0.6) is 0 Å². The molecule has 1 atom stereocenters. The highest BCUT2D eigenvalue weighted by Gasteiger charge is 2.21. The molecule has 0 saturated carbocycles. The van der Waals surface area contributed by atoms with Crippen LogP contribution in [0.15, 0.2) is 30.3 Å². The van der Waals surface area contributed by atoms with Crippen molar-refractivity contribution in [1.82, 2.24) is 5.32 Å². The fourth-order valence-corrected chi connectivity index (χ4v) is 1.50. The quantitative estimate of drug-likeness (QED) is 0.775. The number of hydrogen-bond donors (Lipinski definition) is 2. The van der Waals surface area contributed by atoms with E-state index in [2.05, 4.69) is 19.2 Å². The average molecular weight is 207 g/mol. The third-order valence-corrected chi connectivity index (χ3v) is 2.42. The minimum atomic E-state index is -0.782. The molecule has 2 nitrogen and oxygen atoms in total. The molecule has 1 aromatic carbocycles. The van der Waals surface area contributed by atoms with Crippen LogP contribution >= 0.6 is 0 Å². The summed E-state index contributed by atoms with van der Waals surface area (Å²) in [5, 5.41) is 13.5. The lowest BCUT2D eigenvalue weighted by Crippen LogP contribution is -2.36. The summed E-state index contributed by atoms with van der Waals surface area (Å²) in [5.74, 6) is 0.608. The Bertz CT molecular complexity index is 280. The predicted molar refractivity (Wildman–Crippen MR) is 63.7 cm³/mol. The van der Waals surface area contributed by atoms with Gasteiger partial charge in [-0.3, -0.25) is 0 Å². The fraction of sp³-hybridized carbons (Fsp3) is 0.538. The van der Waals surface area contributed by atoms with E-state index in [1.165, 1.54) is 0 Å². The van der Waals surface area contributed by atoms with E-state index in [0.29, 0.717) is 12.5 Å². The predicted octanol–water partition coefficient (Wildman–Crippen LogP) is 2.14. The topological polar surface area (TPSA) is 32.3 Å². The van der Waals surface area contributed by atoms with E-state index in [-0.39, 0.29) is 0 Å². The van der Waals surface area contributed by atoms with Crippen molar-refractivity contribution in [2.24, 2.45) is 5.92 Å². The van der Waals surface area contributed by atoms with Crippen molar-refractivity contribution in [1.29, 1.82) is 0 Å². The maximum Gasteiger partial charge on any atom is 0.0992 e. The van der Waals surface area contributed by atoms with E-state index in [4.69, 9.17) is 0 Å². The van der Waals surface area contributed by atoms with E-state index in [1.54, 1.807) is 0 Å². The fourth-order valence-electron chi connectivity index (χ4n) is 1.50. The normalized spacial score (nSPS) is 15.3. The Hall–Kier alpha value is -0.860. The van der Waals surface area contributed by atoms with Crippen LogP contribution in [0.1, 0.15) is 26.3 Å². The van der Waals surface area contributed by atoms with Gasteiger partial charge in [0, 0.05) is 6.54 Å². The van der Waals surface area contributed by atoms with Gasteiger partial charge in [-0.25, -0.2) is 0 Å². The molecular weight excluding hydrogens is 186 g/mol. The molecule has 2 N–H and O–H groups in total. The SMILES string of the molecule is CC(C)CNCC(C)(O)c1ccccc1. The first-order valence-electron chi connectivity index (χ1n) is 5.51. The summed E-state index contributed by atoms with van der Waals surface area (Å²) in [7, 11) is 0. The summed E-state index contributed by atoms with van der Waals surface area (Å²) in [6, 6.07) is 9.77. The molecule has 2 heteroatoms. The van der Waals surface area contributed by atoms with Gasteiger partial charge >= 0.3 is 0 Å². The van der Waals surface area contributed by atoms with Crippen molar-refractivity contribution < 1.29 is 5.11 Å². The molecule has 0 aliphatic carbocycles. The first-order valence-corrected chi connectivity index (χ1v) is 5.51.